The third-order valence-corrected chi connectivity index (χ3v) is 8.43. The molecule has 1 atom stereocenters. The van der Waals surface area contributed by atoms with Crippen LogP contribution in [0.3, 0.4) is 0 Å². The zero-order chi connectivity index (χ0) is 35.0. The summed E-state index contributed by atoms with van der Waals surface area (Å²) in [5.41, 5.74) is 2.55. The van der Waals surface area contributed by atoms with E-state index in [4.69, 9.17) is 19.3 Å². The van der Waals surface area contributed by atoms with E-state index in [2.05, 4.69) is 15.0 Å². The van der Waals surface area contributed by atoms with Crippen molar-refractivity contribution in [1.82, 2.24) is 15.0 Å². The molecule has 258 valence electrons. The molecule has 5 aromatic rings. The Morgan fingerprint density at radius 3 is 2.61 bits per heavy atom. The summed E-state index contributed by atoms with van der Waals surface area (Å²) in [6, 6.07) is 14.7. The van der Waals surface area contributed by atoms with E-state index in [1.165, 1.54) is 24.3 Å². The number of halogens is 2. The molecule has 49 heavy (non-hydrogen) atoms. The molecule has 0 aliphatic heterocycles. The van der Waals surface area contributed by atoms with Crippen LogP contribution < -0.4 is 4.74 Å². The second-order valence-corrected chi connectivity index (χ2v) is 11.8. The fourth-order valence-corrected chi connectivity index (χ4v) is 5.68. The van der Waals surface area contributed by atoms with Crippen molar-refractivity contribution in [3.8, 4) is 22.9 Å². The van der Waals surface area contributed by atoms with Gasteiger partial charge in [-0.05, 0) is 68.5 Å². The zero-order valence-corrected chi connectivity index (χ0v) is 27.4. The zero-order valence-electron chi connectivity index (χ0n) is 27.4. The number of aryl methyl sites for hydroxylation is 2. The van der Waals surface area contributed by atoms with Gasteiger partial charge in [-0.15, -0.1) is 0 Å². The first-order valence-corrected chi connectivity index (χ1v) is 16.1. The van der Waals surface area contributed by atoms with Crippen molar-refractivity contribution >= 4 is 22.8 Å². The molecule has 0 fully saturated rings. The van der Waals surface area contributed by atoms with E-state index in [1.807, 2.05) is 37.3 Å². The molecule has 2 heterocycles. The molecule has 0 radical (unpaired) electrons. The summed E-state index contributed by atoms with van der Waals surface area (Å²) in [6.07, 6.45) is 4.71. The van der Waals surface area contributed by atoms with Crippen LogP contribution in [0.15, 0.2) is 67.0 Å². The number of hydrogen-bond acceptors (Lipinski definition) is 7. The smallest absolute Gasteiger partial charge is 0.306 e. The number of nitrogens with one attached hydrogen (secondary N) is 2. The number of esters is 1. The summed E-state index contributed by atoms with van der Waals surface area (Å²) >= 11 is 0. The maximum atomic E-state index is 15.5. The van der Waals surface area contributed by atoms with Crippen molar-refractivity contribution in [3.63, 3.8) is 0 Å². The number of carbonyl (C=O) groups is 2. The Bertz CT molecular complexity index is 1920. The van der Waals surface area contributed by atoms with Crippen LogP contribution in [0.4, 0.5) is 8.78 Å². The number of imidazole rings is 1. The Morgan fingerprint density at radius 2 is 1.84 bits per heavy atom. The standard InChI is InChI=1S/C37H39F2N3O7/c1-3-48-34(46)12-9-23-6-4-7-24(18-23)37(2,22-43)32-21-41-36(42-32)28-19-25(10-11-29(28)38)49-35-27(8-5-16-47-17-14-33(44)45)26-13-15-40-31(26)20-30(35)39/h4,6-7,10-11,13,15,18-21,40,43H,3,5,8-9,12,14,16-17,22H2,1-2H3,(H,41,42)(H,44,45). The van der Waals surface area contributed by atoms with Crippen LogP contribution in [-0.4, -0.2) is 63.5 Å². The fourth-order valence-electron chi connectivity index (χ4n) is 5.68. The predicted molar refractivity (Wildman–Crippen MR) is 179 cm³/mol. The maximum Gasteiger partial charge on any atom is 0.306 e. The molecular formula is C37H39F2N3O7. The highest BCUT2D eigenvalue weighted by Gasteiger charge is 2.31. The number of benzene rings is 3. The van der Waals surface area contributed by atoms with E-state index in [0.717, 1.165) is 16.5 Å². The summed E-state index contributed by atoms with van der Waals surface area (Å²) < 4.78 is 47.3. The number of H-pyrrole nitrogens is 2. The second-order valence-electron chi connectivity index (χ2n) is 11.8. The van der Waals surface area contributed by atoms with Gasteiger partial charge in [0.05, 0.1) is 37.2 Å². The van der Waals surface area contributed by atoms with Crippen LogP contribution in [0, 0.1) is 11.6 Å². The number of carboxylic acids is 1. The summed E-state index contributed by atoms with van der Waals surface area (Å²) in [6.45, 7) is 3.98. The summed E-state index contributed by atoms with van der Waals surface area (Å²) in [4.78, 5) is 33.2. The largest absolute Gasteiger partial charge is 0.481 e. The number of hydrogen-bond donors (Lipinski definition) is 4. The van der Waals surface area contributed by atoms with Gasteiger partial charge in [0.1, 0.15) is 17.4 Å². The van der Waals surface area contributed by atoms with Crippen LogP contribution in [0.2, 0.25) is 0 Å². The molecule has 1 unspecified atom stereocenters. The number of aliphatic carboxylic acids is 1. The first kappa shape index (κ1) is 35.2. The molecule has 2 aromatic heterocycles. The van der Waals surface area contributed by atoms with Gasteiger partial charge in [-0.1, -0.05) is 24.3 Å². The quantitative estimate of drug-likeness (QED) is 0.0619. The summed E-state index contributed by atoms with van der Waals surface area (Å²) in [5.74, 6) is -2.06. The van der Waals surface area contributed by atoms with Crippen molar-refractivity contribution in [2.75, 3.05) is 26.4 Å². The van der Waals surface area contributed by atoms with Gasteiger partial charge >= 0.3 is 11.9 Å². The Labute approximate surface area is 282 Å². The highest BCUT2D eigenvalue weighted by molar-refractivity contribution is 5.85. The van der Waals surface area contributed by atoms with Gasteiger partial charge in [0, 0.05) is 53.6 Å². The molecule has 3 aromatic carbocycles. The lowest BCUT2D eigenvalue weighted by Gasteiger charge is -2.27. The minimum Gasteiger partial charge on any atom is -0.481 e. The number of aromatic amines is 2. The molecule has 0 saturated carbocycles. The number of carbonyl (C=O) groups excluding carboxylic acids is 1. The first-order chi connectivity index (χ1) is 23.6. The molecule has 0 aliphatic rings. The molecule has 0 spiro atoms. The normalized spacial score (nSPS) is 12.6. The first-order valence-electron chi connectivity index (χ1n) is 16.1. The summed E-state index contributed by atoms with van der Waals surface area (Å²) in [7, 11) is 0. The number of fused-ring (bicyclic) bond motifs is 1. The van der Waals surface area contributed by atoms with Crippen LogP contribution in [0.5, 0.6) is 11.5 Å². The van der Waals surface area contributed by atoms with Gasteiger partial charge in [-0.2, -0.15) is 0 Å². The number of ether oxygens (including phenoxy) is 3. The van der Waals surface area contributed by atoms with Crippen LogP contribution in [-0.2, 0) is 37.3 Å². The average molecular weight is 676 g/mol. The number of carboxylic acid groups (broad SMARTS) is 1. The topological polar surface area (TPSA) is 147 Å². The van der Waals surface area contributed by atoms with Crippen molar-refractivity contribution < 1.29 is 42.8 Å². The minimum atomic E-state index is -0.948. The molecule has 10 nitrogen and oxygen atoms in total. The Kier molecular flexibility index (Phi) is 11.4. The molecular weight excluding hydrogens is 636 g/mol. The number of aliphatic hydroxyl groups excluding tert-OH is 1. The van der Waals surface area contributed by atoms with E-state index in [-0.39, 0.29) is 61.5 Å². The SMILES string of the molecule is CCOC(=O)CCc1cccc(C(C)(CO)c2cnc(-c3cc(Oc4c(F)cc5[nH]ccc5c4CCCOCCC(=O)O)ccc3F)[nH]2)c1. The molecule has 12 heteroatoms. The Hall–Kier alpha value is -5.07. The molecule has 5 rings (SSSR count). The average Bonchev–Trinajstić information content (AvgIpc) is 3.78. The van der Waals surface area contributed by atoms with E-state index in [9.17, 15) is 14.7 Å². The third-order valence-electron chi connectivity index (χ3n) is 8.43. The predicted octanol–water partition coefficient (Wildman–Crippen LogP) is 6.85. The minimum absolute atomic E-state index is 0.00831. The van der Waals surface area contributed by atoms with Crippen molar-refractivity contribution in [2.24, 2.45) is 0 Å². The van der Waals surface area contributed by atoms with Gasteiger partial charge < -0.3 is 34.4 Å². The van der Waals surface area contributed by atoms with Gasteiger partial charge in [0.2, 0.25) is 0 Å². The number of aliphatic hydroxyl groups is 1. The molecule has 4 N–H and O–H groups in total. The lowest BCUT2D eigenvalue weighted by Crippen LogP contribution is -2.29. The van der Waals surface area contributed by atoms with Crippen LogP contribution >= 0.6 is 0 Å². The highest BCUT2D eigenvalue weighted by Crippen LogP contribution is 2.38. The molecule has 0 aliphatic carbocycles. The van der Waals surface area contributed by atoms with Gasteiger partial charge in [-0.3, -0.25) is 9.59 Å². The number of aromatic nitrogens is 3. The maximum absolute atomic E-state index is 15.5. The van der Waals surface area contributed by atoms with E-state index in [0.29, 0.717) is 42.6 Å². The van der Waals surface area contributed by atoms with Gasteiger partial charge in [0.25, 0.3) is 0 Å². The molecule has 0 saturated heterocycles. The fraction of sp³-hybridized carbons (Fsp3) is 0.324. The van der Waals surface area contributed by atoms with Gasteiger partial charge in [0.15, 0.2) is 11.6 Å². The van der Waals surface area contributed by atoms with Crippen molar-refractivity contribution in [1.29, 1.82) is 0 Å². The summed E-state index contributed by atoms with van der Waals surface area (Å²) in [5, 5.41) is 20.1. The van der Waals surface area contributed by atoms with Gasteiger partial charge in [-0.25, -0.2) is 13.8 Å². The van der Waals surface area contributed by atoms with Crippen LogP contribution in [0.1, 0.15) is 55.5 Å². The lowest BCUT2D eigenvalue weighted by molar-refractivity contribution is -0.143. The lowest BCUT2D eigenvalue weighted by atomic mass is 9.80. The number of rotatable bonds is 17. The molecule has 0 amide bonds. The Morgan fingerprint density at radius 1 is 1.00 bits per heavy atom. The second kappa shape index (κ2) is 15.9. The third kappa shape index (κ3) is 8.33. The monoisotopic (exact) mass is 675 g/mol. The van der Waals surface area contributed by atoms with E-state index < -0.39 is 23.0 Å². The van der Waals surface area contributed by atoms with Crippen LogP contribution in [0.25, 0.3) is 22.3 Å². The van der Waals surface area contributed by atoms with E-state index >= 15 is 8.78 Å². The van der Waals surface area contributed by atoms with E-state index in [1.54, 1.807) is 19.3 Å². The van der Waals surface area contributed by atoms with Crippen molar-refractivity contribution in [3.05, 3.63) is 101 Å². The molecule has 0 bridgehead atoms. The number of nitrogens with zero attached hydrogens (tertiary/aromatic N) is 1. The Balaban J connectivity index is 1.38. The highest BCUT2D eigenvalue weighted by atomic mass is 19.1. The van der Waals surface area contributed by atoms with Crippen molar-refractivity contribution in [2.45, 2.75) is 51.4 Å².